The molecule has 0 amide bonds. The predicted molar refractivity (Wildman–Crippen MR) is 119 cm³/mol. The standard InChI is InChI=1S/C21H31O4.C2H6.CH4.3Y/c1-3-4-5-6-10-17-11-7-8-12-18(17)15-16-20(23)19(22)13-9-14-21(24)25-2;1-2;;;;/h7-8,10-12,15-16,19-20,22-23H,3-6,9,13-14H2,1-2H3;1-2H3;1H4;;;/q-1;;;;;/b16-15+;;;;;/t19-,20+;;;;;/m0...../s1. The van der Waals surface area contributed by atoms with Crippen molar-refractivity contribution in [2.24, 2.45) is 0 Å². The molecular weight excluding hydrogens is 619 g/mol. The molecule has 31 heavy (non-hydrogen) atoms. The van der Waals surface area contributed by atoms with Gasteiger partial charge in [0.1, 0.15) is 0 Å². The maximum atomic E-state index is 11.1. The van der Waals surface area contributed by atoms with Gasteiger partial charge < -0.3 is 14.9 Å². The van der Waals surface area contributed by atoms with Crippen LogP contribution < -0.4 is 0 Å². The minimum Gasteiger partial charge on any atom is -0.469 e. The average Bonchev–Trinajstić information content (AvgIpc) is 2.71. The molecule has 2 atom stereocenters. The Morgan fingerprint density at radius 2 is 1.71 bits per heavy atom. The molecular formula is C24H41O4Y3-. The number of methoxy groups -OCH3 is 1. The number of benzene rings is 1. The van der Waals surface area contributed by atoms with Crippen LogP contribution in [0, 0.1) is 6.42 Å². The number of aliphatic hydroxyl groups is 2. The monoisotopic (exact) mass is 660 g/mol. The summed E-state index contributed by atoms with van der Waals surface area (Å²) in [5, 5.41) is 20.1. The van der Waals surface area contributed by atoms with Crippen LogP contribution in [0.5, 0.6) is 0 Å². The summed E-state index contributed by atoms with van der Waals surface area (Å²) >= 11 is 0. The van der Waals surface area contributed by atoms with Crippen molar-refractivity contribution >= 4 is 12.0 Å². The fraction of sp³-hybridized carbons (Fsp3) is 0.583. The molecule has 2 N–H and O–H groups in total. The summed E-state index contributed by atoms with van der Waals surface area (Å²) in [5.74, 6) is -0.301. The van der Waals surface area contributed by atoms with Gasteiger partial charge in [-0.25, -0.2) is 0 Å². The quantitative estimate of drug-likeness (QED) is 0.175. The Kier molecular flexibility index (Phi) is 40.7. The first kappa shape index (κ1) is 42.7. The minimum atomic E-state index is -0.953. The Balaban J connectivity index is -0.000000364. The number of ether oxygens (including phenoxy) is 1. The summed E-state index contributed by atoms with van der Waals surface area (Å²) in [5.41, 5.74) is 2.17. The van der Waals surface area contributed by atoms with Crippen LogP contribution >= 0.6 is 0 Å². The SMILES string of the molecule is C.CC.CCCCC[CH-]c1ccccc1/C=C/[C@@H](O)[C@@H](O)CCCC(=O)OC.[Y].[Y].[Y]. The van der Waals surface area contributed by atoms with Crippen LogP contribution in [0.15, 0.2) is 30.3 Å². The van der Waals surface area contributed by atoms with Gasteiger partial charge in [0, 0.05) is 105 Å². The van der Waals surface area contributed by atoms with Crippen molar-refractivity contribution in [1.29, 1.82) is 0 Å². The van der Waals surface area contributed by atoms with E-state index < -0.39 is 12.2 Å². The van der Waals surface area contributed by atoms with E-state index in [9.17, 15) is 15.0 Å². The number of hydrogen-bond donors (Lipinski definition) is 2. The second-order valence-corrected chi connectivity index (χ2v) is 6.21. The van der Waals surface area contributed by atoms with E-state index in [0.717, 1.165) is 17.5 Å². The molecule has 0 saturated heterocycles. The zero-order chi connectivity index (χ0) is 20.5. The molecule has 0 bridgehead atoms. The molecule has 0 aliphatic rings. The Bertz CT molecular complexity index is 539. The first-order chi connectivity index (χ1) is 13.1. The molecule has 3 radical (unpaired) electrons. The molecule has 7 heteroatoms. The van der Waals surface area contributed by atoms with Crippen LogP contribution in [0.2, 0.25) is 0 Å². The number of rotatable bonds is 12. The van der Waals surface area contributed by atoms with Gasteiger partial charge in [-0.2, -0.15) is 18.1 Å². The van der Waals surface area contributed by atoms with Crippen LogP contribution in [-0.4, -0.2) is 35.5 Å². The van der Waals surface area contributed by atoms with Crippen molar-refractivity contribution in [3.05, 3.63) is 47.9 Å². The van der Waals surface area contributed by atoms with E-state index in [1.807, 2.05) is 38.1 Å². The molecule has 0 fully saturated rings. The van der Waals surface area contributed by atoms with E-state index in [1.165, 1.54) is 26.4 Å². The summed E-state index contributed by atoms with van der Waals surface area (Å²) in [6.07, 6.45) is 9.57. The van der Waals surface area contributed by atoms with Gasteiger partial charge in [-0.1, -0.05) is 66.0 Å². The van der Waals surface area contributed by atoms with Crippen molar-refractivity contribution in [2.45, 2.75) is 85.4 Å². The summed E-state index contributed by atoms with van der Waals surface area (Å²) in [7, 11) is 1.34. The normalized spacial score (nSPS) is 11.2. The van der Waals surface area contributed by atoms with Crippen molar-refractivity contribution in [2.75, 3.05) is 7.11 Å². The molecule has 0 saturated carbocycles. The summed E-state index contributed by atoms with van der Waals surface area (Å²) < 4.78 is 4.56. The van der Waals surface area contributed by atoms with Gasteiger partial charge in [0.05, 0.1) is 19.3 Å². The molecule has 171 valence electrons. The minimum absolute atomic E-state index is 0. The van der Waals surface area contributed by atoms with Gasteiger partial charge in [0.25, 0.3) is 0 Å². The van der Waals surface area contributed by atoms with E-state index >= 15 is 0 Å². The van der Waals surface area contributed by atoms with Crippen LogP contribution in [-0.2, 0) is 108 Å². The number of carbonyl (C=O) groups is 1. The van der Waals surface area contributed by atoms with E-state index in [1.54, 1.807) is 6.08 Å². The van der Waals surface area contributed by atoms with Crippen LogP contribution in [0.25, 0.3) is 6.08 Å². The van der Waals surface area contributed by atoms with Crippen molar-refractivity contribution < 1.29 is 118 Å². The zero-order valence-electron chi connectivity index (χ0n) is 19.1. The molecule has 1 aromatic rings. The molecule has 0 unspecified atom stereocenters. The van der Waals surface area contributed by atoms with Gasteiger partial charge >= 0.3 is 5.97 Å². The zero-order valence-corrected chi connectivity index (χ0v) is 27.6. The summed E-state index contributed by atoms with van der Waals surface area (Å²) in [6, 6.07) is 8.02. The van der Waals surface area contributed by atoms with Gasteiger partial charge in [0.2, 0.25) is 0 Å². The third-order valence-corrected chi connectivity index (χ3v) is 4.14. The third-order valence-electron chi connectivity index (χ3n) is 4.14. The fourth-order valence-corrected chi connectivity index (χ4v) is 2.56. The molecule has 1 rings (SSSR count). The van der Waals surface area contributed by atoms with Crippen LogP contribution in [0.3, 0.4) is 0 Å². The van der Waals surface area contributed by atoms with Crippen molar-refractivity contribution in [3.8, 4) is 0 Å². The molecule has 0 heterocycles. The molecule has 4 nitrogen and oxygen atoms in total. The van der Waals surface area contributed by atoms with Gasteiger partial charge in [-0.15, -0.1) is 23.8 Å². The largest absolute Gasteiger partial charge is 0.469 e. The fourth-order valence-electron chi connectivity index (χ4n) is 2.56. The first-order valence-corrected chi connectivity index (χ1v) is 10.1. The van der Waals surface area contributed by atoms with Gasteiger partial charge in [0.15, 0.2) is 0 Å². The Morgan fingerprint density at radius 1 is 1.10 bits per heavy atom. The number of carbonyl (C=O) groups excluding carboxylic acids is 1. The van der Waals surface area contributed by atoms with E-state index in [4.69, 9.17) is 0 Å². The second kappa shape index (κ2) is 29.6. The molecule has 0 aliphatic heterocycles. The number of esters is 1. The first-order valence-electron chi connectivity index (χ1n) is 10.1. The third kappa shape index (κ3) is 21.8. The molecule has 1 aromatic carbocycles. The van der Waals surface area contributed by atoms with Crippen LogP contribution in [0.4, 0.5) is 0 Å². The number of hydrogen-bond acceptors (Lipinski definition) is 4. The smallest absolute Gasteiger partial charge is 0.305 e. The summed E-state index contributed by atoms with van der Waals surface area (Å²) in [4.78, 5) is 11.1. The number of aliphatic hydroxyl groups excluding tert-OH is 2. The Labute approximate surface area is 266 Å². The second-order valence-electron chi connectivity index (χ2n) is 6.21. The maximum absolute atomic E-state index is 11.1. The average molecular weight is 660 g/mol. The topological polar surface area (TPSA) is 66.8 Å². The summed E-state index contributed by atoms with van der Waals surface area (Å²) in [6.45, 7) is 6.19. The van der Waals surface area contributed by atoms with E-state index in [0.29, 0.717) is 12.8 Å². The molecule has 0 aliphatic carbocycles. The Hall–Kier alpha value is 1.53. The van der Waals surface area contributed by atoms with Crippen molar-refractivity contribution in [3.63, 3.8) is 0 Å². The van der Waals surface area contributed by atoms with E-state index in [-0.39, 0.29) is 118 Å². The van der Waals surface area contributed by atoms with Crippen LogP contribution in [0.1, 0.15) is 84.3 Å². The van der Waals surface area contributed by atoms with Gasteiger partial charge in [-0.05, 0) is 12.8 Å². The molecule has 0 spiro atoms. The Morgan fingerprint density at radius 3 is 2.29 bits per heavy atom. The van der Waals surface area contributed by atoms with Crippen molar-refractivity contribution in [1.82, 2.24) is 0 Å². The van der Waals surface area contributed by atoms with Gasteiger partial charge in [-0.3, -0.25) is 4.79 Å². The predicted octanol–water partition coefficient (Wildman–Crippen LogP) is 5.55. The molecule has 0 aromatic heterocycles. The number of unbranched alkanes of at least 4 members (excludes halogenated alkanes) is 3. The van der Waals surface area contributed by atoms with E-state index in [2.05, 4.69) is 24.1 Å². The maximum Gasteiger partial charge on any atom is 0.305 e.